The highest BCUT2D eigenvalue weighted by atomic mass is 16.6. The summed E-state index contributed by atoms with van der Waals surface area (Å²) in [6.45, 7) is 9.25. The zero-order chi connectivity index (χ0) is 26.5. The summed E-state index contributed by atoms with van der Waals surface area (Å²) in [5.41, 5.74) is 1.59. The van der Waals surface area contributed by atoms with Crippen LogP contribution in [-0.2, 0) is 14.3 Å². The molecule has 6 heteroatoms. The van der Waals surface area contributed by atoms with Crippen molar-refractivity contribution >= 4 is 11.9 Å². The summed E-state index contributed by atoms with van der Waals surface area (Å²) in [6, 6.07) is 7.12. The Morgan fingerprint density at radius 1 is 1.16 bits per heavy atom. The molecule has 1 N–H and O–H groups in total. The lowest BCUT2D eigenvalue weighted by Gasteiger charge is -2.38. The van der Waals surface area contributed by atoms with Crippen molar-refractivity contribution in [3.05, 3.63) is 53.6 Å². The molecule has 1 saturated carbocycles. The molecule has 4 rings (SSSR count). The first-order chi connectivity index (χ1) is 17.7. The maximum atomic E-state index is 12.9. The molecule has 2 saturated heterocycles. The SMILES string of the molecule is CCCC(=O)Oc1ccccc1C(=O)NC1CCC(C/C=C(C)/C=C/[C@@H]2C[C@]3(CO3)CC(C)(C)O2)CC1. The van der Waals surface area contributed by atoms with E-state index in [1.54, 1.807) is 24.3 Å². The average molecular weight is 510 g/mol. The van der Waals surface area contributed by atoms with E-state index in [0.29, 0.717) is 30.1 Å². The van der Waals surface area contributed by atoms with Crippen LogP contribution in [-0.4, -0.2) is 41.8 Å². The lowest BCUT2D eigenvalue weighted by atomic mass is 9.83. The summed E-state index contributed by atoms with van der Waals surface area (Å²) in [6.07, 6.45) is 15.0. The number of para-hydroxylation sites is 1. The van der Waals surface area contributed by atoms with Gasteiger partial charge in [-0.05, 0) is 77.3 Å². The Morgan fingerprint density at radius 3 is 2.59 bits per heavy atom. The molecule has 3 aliphatic rings. The third-order valence-electron chi connectivity index (χ3n) is 7.68. The second kappa shape index (κ2) is 12.0. The van der Waals surface area contributed by atoms with Gasteiger partial charge >= 0.3 is 5.97 Å². The fraction of sp³-hybridized carbons (Fsp3) is 0.613. The maximum Gasteiger partial charge on any atom is 0.311 e. The van der Waals surface area contributed by atoms with Crippen molar-refractivity contribution in [2.45, 2.75) is 109 Å². The molecule has 0 bridgehead atoms. The van der Waals surface area contributed by atoms with Gasteiger partial charge in [-0.3, -0.25) is 9.59 Å². The first-order valence-electron chi connectivity index (χ1n) is 13.9. The summed E-state index contributed by atoms with van der Waals surface area (Å²) >= 11 is 0. The summed E-state index contributed by atoms with van der Waals surface area (Å²) < 4.78 is 17.4. The second-order valence-corrected chi connectivity index (χ2v) is 11.7. The molecule has 1 aromatic rings. The first-order valence-corrected chi connectivity index (χ1v) is 13.9. The molecule has 2 atom stereocenters. The molecule has 1 aromatic carbocycles. The van der Waals surface area contributed by atoms with E-state index in [1.807, 2.05) is 6.92 Å². The van der Waals surface area contributed by atoms with E-state index in [2.05, 4.69) is 44.3 Å². The normalized spacial score (nSPS) is 29.3. The average Bonchev–Trinajstić information content (AvgIpc) is 3.58. The van der Waals surface area contributed by atoms with Gasteiger partial charge < -0.3 is 19.5 Å². The van der Waals surface area contributed by atoms with Crippen molar-refractivity contribution in [1.29, 1.82) is 0 Å². The zero-order valence-electron chi connectivity index (χ0n) is 22.9. The Morgan fingerprint density at radius 2 is 1.89 bits per heavy atom. The van der Waals surface area contributed by atoms with E-state index in [0.717, 1.165) is 51.6 Å². The molecule has 1 spiro atoms. The molecule has 2 heterocycles. The molecule has 3 fully saturated rings. The minimum absolute atomic E-state index is 0.0456. The van der Waals surface area contributed by atoms with Gasteiger partial charge in [0.1, 0.15) is 5.75 Å². The minimum Gasteiger partial charge on any atom is -0.426 e. The van der Waals surface area contributed by atoms with Crippen LogP contribution in [0.25, 0.3) is 0 Å². The molecule has 202 valence electrons. The van der Waals surface area contributed by atoms with Crippen LogP contribution in [0.2, 0.25) is 0 Å². The highest BCUT2D eigenvalue weighted by molar-refractivity contribution is 5.97. The smallest absolute Gasteiger partial charge is 0.311 e. The van der Waals surface area contributed by atoms with E-state index < -0.39 is 0 Å². The number of amides is 1. The number of ether oxygens (including phenoxy) is 3. The first kappa shape index (κ1) is 27.6. The Balaban J connectivity index is 1.22. The number of nitrogens with one attached hydrogen (secondary N) is 1. The van der Waals surface area contributed by atoms with E-state index in [1.165, 1.54) is 5.57 Å². The molecule has 37 heavy (non-hydrogen) atoms. The Kier molecular flexibility index (Phi) is 8.91. The predicted molar refractivity (Wildman–Crippen MR) is 145 cm³/mol. The molecule has 1 amide bonds. The standard InChI is InChI=1S/C31H43NO5/c1-5-8-28(33)36-27-10-7-6-9-26(27)29(34)32-24-16-14-23(15-17-24)13-11-22(2)12-18-25-19-31(21-35-31)20-30(3,4)37-25/h6-7,9-12,18,23-25H,5,8,13-17,19-21H2,1-4H3,(H,32,34)/b18-12+,22-11+/t23?,24?,25-,31-/m1/s1. The lowest BCUT2D eigenvalue weighted by Crippen LogP contribution is -2.43. The van der Waals surface area contributed by atoms with Crippen LogP contribution in [0.5, 0.6) is 5.75 Å². The van der Waals surface area contributed by atoms with Crippen molar-refractivity contribution in [2.24, 2.45) is 5.92 Å². The second-order valence-electron chi connectivity index (χ2n) is 11.7. The van der Waals surface area contributed by atoms with Gasteiger partial charge in [-0.2, -0.15) is 0 Å². The van der Waals surface area contributed by atoms with Crippen LogP contribution in [0.15, 0.2) is 48.1 Å². The Bertz CT molecular complexity index is 1010. The fourth-order valence-corrected chi connectivity index (χ4v) is 5.74. The van der Waals surface area contributed by atoms with E-state index in [-0.39, 0.29) is 35.2 Å². The van der Waals surface area contributed by atoms with Gasteiger partial charge in [-0.15, -0.1) is 0 Å². The Hall–Kier alpha value is -2.44. The van der Waals surface area contributed by atoms with Gasteiger partial charge in [0.15, 0.2) is 0 Å². The summed E-state index contributed by atoms with van der Waals surface area (Å²) in [5.74, 6) is 0.489. The largest absolute Gasteiger partial charge is 0.426 e. The molecule has 0 unspecified atom stereocenters. The van der Waals surface area contributed by atoms with Gasteiger partial charge in [-0.1, -0.05) is 42.9 Å². The van der Waals surface area contributed by atoms with Gasteiger partial charge in [0.25, 0.3) is 5.91 Å². The third kappa shape index (κ3) is 8.02. The summed E-state index contributed by atoms with van der Waals surface area (Å²) in [5, 5.41) is 3.16. The van der Waals surface area contributed by atoms with Crippen molar-refractivity contribution in [3.8, 4) is 5.75 Å². The molecule has 6 nitrogen and oxygen atoms in total. The van der Waals surface area contributed by atoms with Gasteiger partial charge in [0, 0.05) is 25.3 Å². The number of esters is 1. The molecular weight excluding hydrogens is 466 g/mol. The fourth-order valence-electron chi connectivity index (χ4n) is 5.74. The number of hydrogen-bond acceptors (Lipinski definition) is 5. The number of benzene rings is 1. The highest BCUT2D eigenvalue weighted by Gasteiger charge is 2.53. The zero-order valence-corrected chi connectivity index (χ0v) is 22.9. The predicted octanol–water partition coefficient (Wildman–Crippen LogP) is 6.30. The Labute approximate surface area is 221 Å². The van der Waals surface area contributed by atoms with Crippen LogP contribution in [0.1, 0.15) is 95.8 Å². The highest BCUT2D eigenvalue weighted by Crippen LogP contribution is 2.46. The van der Waals surface area contributed by atoms with Crippen LogP contribution >= 0.6 is 0 Å². The van der Waals surface area contributed by atoms with Crippen molar-refractivity contribution in [2.75, 3.05) is 6.61 Å². The van der Waals surface area contributed by atoms with Crippen molar-refractivity contribution < 1.29 is 23.8 Å². The topological polar surface area (TPSA) is 77.2 Å². The van der Waals surface area contributed by atoms with Gasteiger partial charge in [0.05, 0.1) is 29.5 Å². The van der Waals surface area contributed by atoms with Crippen LogP contribution in [0, 0.1) is 5.92 Å². The molecule has 2 aliphatic heterocycles. The van der Waals surface area contributed by atoms with Crippen LogP contribution < -0.4 is 10.1 Å². The summed E-state index contributed by atoms with van der Waals surface area (Å²) in [7, 11) is 0. The number of hydrogen-bond donors (Lipinski definition) is 1. The van der Waals surface area contributed by atoms with Crippen molar-refractivity contribution in [3.63, 3.8) is 0 Å². The minimum atomic E-state index is -0.308. The van der Waals surface area contributed by atoms with Crippen LogP contribution in [0.3, 0.4) is 0 Å². The number of allylic oxidation sites excluding steroid dienone is 3. The number of rotatable bonds is 9. The van der Waals surface area contributed by atoms with Gasteiger partial charge in [-0.25, -0.2) is 0 Å². The number of epoxide rings is 1. The number of carbonyl (C=O) groups is 2. The van der Waals surface area contributed by atoms with E-state index >= 15 is 0 Å². The molecule has 0 radical (unpaired) electrons. The van der Waals surface area contributed by atoms with Gasteiger partial charge in [0.2, 0.25) is 0 Å². The van der Waals surface area contributed by atoms with E-state index in [4.69, 9.17) is 14.2 Å². The quantitative estimate of drug-likeness (QED) is 0.183. The maximum absolute atomic E-state index is 12.9. The van der Waals surface area contributed by atoms with E-state index in [9.17, 15) is 9.59 Å². The molecule has 1 aliphatic carbocycles. The molecule has 0 aromatic heterocycles. The summed E-state index contributed by atoms with van der Waals surface area (Å²) in [4.78, 5) is 24.8. The van der Waals surface area contributed by atoms with Crippen LogP contribution in [0.4, 0.5) is 0 Å². The molecular formula is C31H43NO5. The van der Waals surface area contributed by atoms with Crippen molar-refractivity contribution in [1.82, 2.24) is 5.32 Å². The monoisotopic (exact) mass is 509 g/mol. The third-order valence-corrected chi connectivity index (χ3v) is 7.68. The number of carbonyl (C=O) groups excluding carboxylic acids is 2. The lowest BCUT2D eigenvalue weighted by molar-refractivity contribution is -0.134.